The molecule has 0 aromatic heterocycles. The summed E-state index contributed by atoms with van der Waals surface area (Å²) >= 11 is 0. The first-order chi connectivity index (χ1) is 13.1. The first-order valence-electron chi connectivity index (χ1n) is 10.1. The Hall–Kier alpha value is -1.91. The Morgan fingerprint density at radius 2 is 2.11 bits per heavy atom. The lowest BCUT2D eigenvalue weighted by molar-refractivity contribution is -0.137. The average Bonchev–Trinajstić information content (AvgIpc) is 3.42. The topological polar surface area (TPSA) is 70.1 Å². The summed E-state index contributed by atoms with van der Waals surface area (Å²) in [6, 6.07) is 8.11. The van der Waals surface area contributed by atoms with Crippen LogP contribution < -0.4 is 0 Å². The standard InChI is InChI=1S/C23H32O4/c1-2-3-4-5-6-7-12-20(24)16-15-18-10-8-11-19(17-18)23-21(27-23)13-9-14-22(25)26/h6-8,10-11,15-17,20-21,23-24H,2-5,9,12-14H2,1H3,(H,25,26). The Balaban J connectivity index is 1.75. The number of aliphatic hydroxyl groups is 1. The van der Waals surface area contributed by atoms with Crippen molar-refractivity contribution >= 4 is 12.0 Å². The monoisotopic (exact) mass is 372 g/mol. The first-order valence-corrected chi connectivity index (χ1v) is 10.1. The largest absolute Gasteiger partial charge is 0.481 e. The van der Waals surface area contributed by atoms with Crippen LogP contribution in [0, 0.1) is 0 Å². The lowest BCUT2D eigenvalue weighted by atomic mass is 10.0. The van der Waals surface area contributed by atoms with Crippen molar-refractivity contribution < 1.29 is 19.7 Å². The molecule has 0 saturated carbocycles. The lowest BCUT2D eigenvalue weighted by Crippen LogP contribution is -1.99. The molecule has 3 atom stereocenters. The van der Waals surface area contributed by atoms with Gasteiger partial charge in [0.2, 0.25) is 0 Å². The molecule has 1 heterocycles. The van der Waals surface area contributed by atoms with Gasteiger partial charge in [-0.2, -0.15) is 0 Å². The van der Waals surface area contributed by atoms with E-state index in [1.54, 1.807) is 0 Å². The zero-order valence-electron chi connectivity index (χ0n) is 16.2. The van der Waals surface area contributed by atoms with Crippen LogP contribution in [-0.4, -0.2) is 28.4 Å². The van der Waals surface area contributed by atoms with Crippen LogP contribution in [0.15, 0.2) is 42.5 Å². The molecule has 2 N–H and O–H groups in total. The summed E-state index contributed by atoms with van der Waals surface area (Å²) in [6.45, 7) is 2.20. The van der Waals surface area contributed by atoms with Gasteiger partial charge in [0, 0.05) is 6.42 Å². The Morgan fingerprint density at radius 3 is 2.89 bits per heavy atom. The Labute approximate surface area is 162 Å². The average molecular weight is 373 g/mol. The van der Waals surface area contributed by atoms with E-state index in [1.165, 1.54) is 19.3 Å². The SMILES string of the molecule is CCCCCC=CCC(O)C=Cc1cccc(C2OC2CCCC(=O)O)c1. The summed E-state index contributed by atoms with van der Waals surface area (Å²) in [5.74, 6) is -0.756. The fraction of sp³-hybridized carbons (Fsp3) is 0.522. The summed E-state index contributed by atoms with van der Waals surface area (Å²) in [4.78, 5) is 10.6. The van der Waals surface area contributed by atoms with E-state index in [2.05, 4.69) is 25.1 Å². The molecule has 4 heteroatoms. The molecular formula is C23H32O4. The Morgan fingerprint density at radius 1 is 1.26 bits per heavy atom. The molecule has 1 aliphatic rings. The predicted molar refractivity (Wildman–Crippen MR) is 108 cm³/mol. The van der Waals surface area contributed by atoms with Crippen LogP contribution >= 0.6 is 0 Å². The van der Waals surface area contributed by atoms with Crippen LogP contribution in [-0.2, 0) is 9.53 Å². The quantitative estimate of drug-likeness (QED) is 0.281. The van der Waals surface area contributed by atoms with Crippen LogP contribution in [0.5, 0.6) is 0 Å². The zero-order chi connectivity index (χ0) is 19.5. The van der Waals surface area contributed by atoms with Crippen molar-refractivity contribution in [3.8, 4) is 0 Å². The van der Waals surface area contributed by atoms with Gasteiger partial charge in [-0.15, -0.1) is 0 Å². The molecule has 1 saturated heterocycles. The van der Waals surface area contributed by atoms with Crippen molar-refractivity contribution in [2.45, 2.75) is 76.6 Å². The van der Waals surface area contributed by atoms with Gasteiger partial charge in [0.25, 0.3) is 0 Å². The summed E-state index contributed by atoms with van der Waals surface area (Å²) in [5.41, 5.74) is 2.15. The number of carboxylic acid groups (broad SMARTS) is 1. The van der Waals surface area contributed by atoms with Crippen molar-refractivity contribution in [1.29, 1.82) is 0 Å². The second kappa shape index (κ2) is 11.7. The van der Waals surface area contributed by atoms with E-state index in [0.717, 1.165) is 24.0 Å². The molecule has 4 nitrogen and oxygen atoms in total. The maximum absolute atomic E-state index is 10.6. The molecule has 0 amide bonds. The second-order valence-electron chi connectivity index (χ2n) is 7.18. The van der Waals surface area contributed by atoms with E-state index in [0.29, 0.717) is 12.8 Å². The first kappa shape index (κ1) is 21.4. The molecular weight excluding hydrogens is 340 g/mol. The third-order valence-electron chi connectivity index (χ3n) is 4.73. The number of hydrogen-bond acceptors (Lipinski definition) is 3. The number of hydrogen-bond donors (Lipinski definition) is 2. The van der Waals surface area contributed by atoms with Gasteiger partial charge in [-0.05, 0) is 49.3 Å². The fourth-order valence-corrected chi connectivity index (χ4v) is 3.12. The molecule has 1 aromatic carbocycles. The van der Waals surface area contributed by atoms with Gasteiger partial charge < -0.3 is 14.9 Å². The number of carboxylic acids is 1. The van der Waals surface area contributed by atoms with Gasteiger partial charge >= 0.3 is 5.97 Å². The number of ether oxygens (including phenoxy) is 1. The van der Waals surface area contributed by atoms with Crippen LogP contribution in [0.3, 0.4) is 0 Å². The van der Waals surface area contributed by atoms with Gasteiger partial charge in [-0.3, -0.25) is 4.79 Å². The minimum atomic E-state index is -0.756. The number of unbranched alkanes of at least 4 members (excludes halogenated alkanes) is 3. The molecule has 3 unspecified atom stereocenters. The molecule has 1 fully saturated rings. The lowest BCUT2D eigenvalue weighted by Gasteiger charge is -2.02. The second-order valence-corrected chi connectivity index (χ2v) is 7.18. The van der Waals surface area contributed by atoms with Gasteiger partial charge in [-0.1, -0.05) is 62.3 Å². The highest BCUT2D eigenvalue weighted by atomic mass is 16.6. The molecule has 0 spiro atoms. The minimum absolute atomic E-state index is 0.0723. The van der Waals surface area contributed by atoms with Gasteiger partial charge in [0.05, 0.1) is 12.2 Å². The highest BCUT2D eigenvalue weighted by Gasteiger charge is 2.39. The Bertz CT molecular complexity index is 635. The molecule has 1 aliphatic heterocycles. The molecule has 27 heavy (non-hydrogen) atoms. The minimum Gasteiger partial charge on any atom is -0.481 e. The molecule has 1 aromatic rings. The van der Waals surface area contributed by atoms with Gasteiger partial charge in [0.15, 0.2) is 0 Å². The molecule has 0 aliphatic carbocycles. The smallest absolute Gasteiger partial charge is 0.303 e. The predicted octanol–water partition coefficient (Wildman–Crippen LogP) is 5.28. The van der Waals surface area contributed by atoms with Crippen molar-refractivity contribution in [3.63, 3.8) is 0 Å². The van der Waals surface area contributed by atoms with Gasteiger partial charge in [0.1, 0.15) is 6.10 Å². The van der Waals surface area contributed by atoms with Crippen molar-refractivity contribution in [2.24, 2.45) is 0 Å². The highest BCUT2D eigenvalue weighted by molar-refractivity contribution is 5.66. The third kappa shape index (κ3) is 8.55. The molecule has 148 valence electrons. The van der Waals surface area contributed by atoms with E-state index < -0.39 is 12.1 Å². The van der Waals surface area contributed by atoms with Gasteiger partial charge in [-0.25, -0.2) is 0 Å². The summed E-state index contributed by atoms with van der Waals surface area (Å²) in [5, 5.41) is 18.8. The van der Waals surface area contributed by atoms with Crippen LogP contribution in [0.25, 0.3) is 6.08 Å². The van der Waals surface area contributed by atoms with Crippen LogP contribution in [0.1, 0.15) is 75.5 Å². The molecule has 2 rings (SSSR count). The summed E-state index contributed by atoms with van der Waals surface area (Å²) < 4.78 is 5.68. The highest BCUT2D eigenvalue weighted by Crippen LogP contribution is 2.41. The van der Waals surface area contributed by atoms with Crippen molar-refractivity contribution in [3.05, 3.63) is 53.6 Å². The number of benzene rings is 1. The summed E-state index contributed by atoms with van der Waals surface area (Å²) in [7, 11) is 0. The fourth-order valence-electron chi connectivity index (χ4n) is 3.12. The number of epoxide rings is 1. The molecule has 0 bridgehead atoms. The Kier molecular flexibility index (Phi) is 9.29. The van der Waals surface area contributed by atoms with Crippen molar-refractivity contribution in [1.82, 2.24) is 0 Å². The number of allylic oxidation sites excluding steroid dienone is 1. The van der Waals surface area contributed by atoms with E-state index in [1.807, 2.05) is 30.4 Å². The van der Waals surface area contributed by atoms with E-state index in [4.69, 9.17) is 9.84 Å². The van der Waals surface area contributed by atoms with Crippen LogP contribution in [0.2, 0.25) is 0 Å². The summed E-state index contributed by atoms with van der Waals surface area (Å²) in [6.07, 6.45) is 14.8. The van der Waals surface area contributed by atoms with E-state index in [-0.39, 0.29) is 18.6 Å². The van der Waals surface area contributed by atoms with E-state index in [9.17, 15) is 9.90 Å². The maximum atomic E-state index is 10.6. The number of aliphatic carboxylic acids is 1. The zero-order valence-corrected chi connectivity index (χ0v) is 16.2. The van der Waals surface area contributed by atoms with E-state index >= 15 is 0 Å². The number of rotatable bonds is 13. The molecule has 0 radical (unpaired) electrons. The number of carbonyl (C=O) groups is 1. The number of aliphatic hydroxyl groups excluding tert-OH is 1. The van der Waals surface area contributed by atoms with Crippen molar-refractivity contribution in [2.75, 3.05) is 0 Å². The third-order valence-corrected chi connectivity index (χ3v) is 4.73. The van der Waals surface area contributed by atoms with Crippen LogP contribution in [0.4, 0.5) is 0 Å². The maximum Gasteiger partial charge on any atom is 0.303 e. The normalized spacial score (nSPS) is 20.4.